The van der Waals surface area contributed by atoms with Crippen molar-refractivity contribution in [3.63, 3.8) is 0 Å². The van der Waals surface area contributed by atoms with Crippen LogP contribution < -0.4 is 10.2 Å². The van der Waals surface area contributed by atoms with E-state index in [2.05, 4.69) is 20.2 Å². The molecule has 2 heterocycles. The van der Waals surface area contributed by atoms with Crippen LogP contribution in [-0.2, 0) is 9.84 Å². The number of hydrogen-bond donors (Lipinski definition) is 1. The molecule has 0 bridgehead atoms. The van der Waals surface area contributed by atoms with E-state index in [1.54, 1.807) is 19.2 Å². The summed E-state index contributed by atoms with van der Waals surface area (Å²) in [5, 5.41) is 4.09. The largest absolute Gasteiger partial charge is 0.348 e. The second-order valence-corrected chi connectivity index (χ2v) is 10.2. The lowest BCUT2D eigenvalue weighted by atomic mass is 10.0. The van der Waals surface area contributed by atoms with Gasteiger partial charge in [-0.2, -0.15) is 0 Å². The number of aromatic nitrogens is 2. The molecule has 0 aliphatic carbocycles. The Labute approximate surface area is 192 Å². The molecule has 1 aliphatic heterocycles. The third-order valence-corrected chi connectivity index (χ3v) is 6.19. The van der Waals surface area contributed by atoms with Gasteiger partial charge in [0.15, 0.2) is 9.84 Å². The molecule has 10 heteroatoms. The number of halogens is 2. The number of hydrogen-bond acceptors (Lipinski definition) is 6. The third-order valence-electron chi connectivity index (χ3n) is 5.21. The van der Waals surface area contributed by atoms with Gasteiger partial charge >= 0.3 is 0 Å². The maximum Gasteiger partial charge on any atom is 0.271 e. The molecule has 2 aromatic rings. The highest BCUT2D eigenvalue weighted by Gasteiger charge is 2.26. The number of amides is 1. The number of carbonyl (C=O) groups is 1. The van der Waals surface area contributed by atoms with Crippen LogP contribution in [0.5, 0.6) is 0 Å². The van der Waals surface area contributed by atoms with Crippen molar-refractivity contribution in [2.45, 2.75) is 44.7 Å². The lowest BCUT2D eigenvalue weighted by molar-refractivity contribution is 0.0941. The van der Waals surface area contributed by atoms with Crippen LogP contribution in [0.4, 0.5) is 10.2 Å². The van der Waals surface area contributed by atoms with Crippen molar-refractivity contribution in [3.8, 4) is 0 Å². The third kappa shape index (κ3) is 6.49. The molecule has 7 nitrogen and oxygen atoms in total. The summed E-state index contributed by atoms with van der Waals surface area (Å²) in [5.74, 6) is -0.225. The zero-order valence-corrected chi connectivity index (χ0v) is 19.5. The molecule has 3 rings (SSSR count). The average Bonchev–Trinajstić information content (AvgIpc) is 2.98. The maximum absolute atomic E-state index is 13.5. The quantitative estimate of drug-likeness (QED) is 0.670. The van der Waals surface area contributed by atoms with Gasteiger partial charge in [-0.25, -0.2) is 22.8 Å². The van der Waals surface area contributed by atoms with Crippen molar-refractivity contribution in [3.05, 3.63) is 64.2 Å². The predicted molar refractivity (Wildman–Crippen MR) is 123 cm³/mol. The van der Waals surface area contributed by atoms with Crippen LogP contribution in [0.15, 0.2) is 42.1 Å². The first-order valence-electron chi connectivity index (χ1n) is 10.4. The van der Waals surface area contributed by atoms with Gasteiger partial charge < -0.3 is 10.2 Å². The highest BCUT2D eigenvalue weighted by atomic mass is 35.5. The van der Waals surface area contributed by atoms with Crippen molar-refractivity contribution in [2.75, 3.05) is 17.7 Å². The SMILES string of the molecule is C[C@H](/C=C/S(C)(=O)=O)NC(=O)c1cnc(N2CCCCCC2c2ccc(F)cc2Cl)cn1. The first kappa shape index (κ1) is 24.1. The van der Waals surface area contributed by atoms with Crippen LogP contribution in [0.25, 0.3) is 0 Å². The molecule has 1 aromatic carbocycles. The summed E-state index contributed by atoms with van der Waals surface area (Å²) in [4.78, 5) is 23.2. The molecule has 2 atom stereocenters. The number of nitrogens with zero attached hydrogens (tertiary/aromatic N) is 3. The van der Waals surface area contributed by atoms with E-state index < -0.39 is 21.8 Å². The number of sulfone groups is 1. The molecule has 0 saturated carbocycles. The molecule has 1 aliphatic rings. The Balaban J connectivity index is 1.78. The van der Waals surface area contributed by atoms with E-state index >= 15 is 0 Å². The first-order valence-corrected chi connectivity index (χ1v) is 12.7. The van der Waals surface area contributed by atoms with E-state index in [9.17, 15) is 17.6 Å². The minimum atomic E-state index is -3.27. The van der Waals surface area contributed by atoms with Crippen molar-refractivity contribution >= 4 is 33.2 Å². The fourth-order valence-corrected chi connectivity index (χ4v) is 4.47. The zero-order chi connectivity index (χ0) is 23.3. The molecule has 172 valence electrons. The lowest BCUT2D eigenvalue weighted by Crippen LogP contribution is -2.32. The highest BCUT2D eigenvalue weighted by Crippen LogP contribution is 2.36. The van der Waals surface area contributed by atoms with Crippen molar-refractivity contribution in [2.24, 2.45) is 0 Å². The van der Waals surface area contributed by atoms with Gasteiger partial charge in [-0.15, -0.1) is 0 Å². The van der Waals surface area contributed by atoms with E-state index in [-0.39, 0.29) is 17.6 Å². The zero-order valence-electron chi connectivity index (χ0n) is 18.0. The van der Waals surface area contributed by atoms with Crippen molar-refractivity contribution < 1.29 is 17.6 Å². The molecule has 1 saturated heterocycles. The topological polar surface area (TPSA) is 92.3 Å². The smallest absolute Gasteiger partial charge is 0.271 e. The molecule has 1 unspecified atom stereocenters. The maximum atomic E-state index is 13.5. The van der Waals surface area contributed by atoms with Crippen LogP contribution in [-0.4, -0.2) is 43.1 Å². The summed E-state index contributed by atoms with van der Waals surface area (Å²) in [6.07, 6.45) is 9.32. The number of rotatable bonds is 6. The number of anilines is 1. The second kappa shape index (κ2) is 10.4. The van der Waals surface area contributed by atoms with E-state index in [4.69, 9.17) is 11.6 Å². The van der Waals surface area contributed by atoms with Gasteiger partial charge in [-0.3, -0.25) is 4.79 Å². The van der Waals surface area contributed by atoms with Gasteiger partial charge in [0.2, 0.25) is 0 Å². The van der Waals surface area contributed by atoms with Gasteiger partial charge in [-0.05, 0) is 37.5 Å². The van der Waals surface area contributed by atoms with E-state index in [1.165, 1.54) is 24.4 Å². The van der Waals surface area contributed by atoms with Gasteiger partial charge in [0.1, 0.15) is 17.3 Å². The Kier molecular flexibility index (Phi) is 7.84. The molecular formula is C22H26ClFN4O3S. The van der Waals surface area contributed by atoms with Gasteiger partial charge in [-0.1, -0.05) is 36.6 Å². The van der Waals surface area contributed by atoms with Crippen molar-refractivity contribution in [1.82, 2.24) is 15.3 Å². The summed E-state index contributed by atoms with van der Waals surface area (Å²) >= 11 is 6.34. The van der Waals surface area contributed by atoms with E-state index in [1.807, 2.05) is 0 Å². The Bertz CT molecular complexity index is 1090. The number of carbonyl (C=O) groups excluding carboxylic acids is 1. The van der Waals surface area contributed by atoms with E-state index in [0.29, 0.717) is 10.8 Å². The molecular weight excluding hydrogens is 455 g/mol. The monoisotopic (exact) mass is 480 g/mol. The Morgan fingerprint density at radius 1 is 1.28 bits per heavy atom. The Morgan fingerprint density at radius 2 is 2.06 bits per heavy atom. The minimum Gasteiger partial charge on any atom is -0.348 e. The molecule has 0 radical (unpaired) electrons. The first-order chi connectivity index (χ1) is 15.1. The Hall–Kier alpha value is -2.52. The molecule has 0 spiro atoms. The number of nitrogens with one attached hydrogen (secondary N) is 1. The van der Waals surface area contributed by atoms with Gasteiger partial charge in [0.05, 0.1) is 18.4 Å². The highest BCUT2D eigenvalue weighted by molar-refractivity contribution is 7.93. The van der Waals surface area contributed by atoms with Crippen LogP contribution in [0, 0.1) is 5.82 Å². The second-order valence-electron chi connectivity index (χ2n) is 7.90. The fraction of sp³-hybridized carbons (Fsp3) is 0.409. The van der Waals surface area contributed by atoms with Crippen LogP contribution >= 0.6 is 11.6 Å². The molecule has 1 amide bonds. The fourth-order valence-electron chi connectivity index (χ4n) is 3.65. The average molecular weight is 481 g/mol. The van der Waals surface area contributed by atoms with E-state index in [0.717, 1.165) is 49.5 Å². The molecule has 32 heavy (non-hydrogen) atoms. The van der Waals surface area contributed by atoms with Crippen LogP contribution in [0.3, 0.4) is 0 Å². The lowest BCUT2D eigenvalue weighted by Gasteiger charge is -2.31. The molecule has 1 N–H and O–H groups in total. The van der Waals surface area contributed by atoms with Gasteiger partial charge in [0.25, 0.3) is 5.91 Å². The molecule has 1 fully saturated rings. The van der Waals surface area contributed by atoms with Gasteiger partial charge in [0, 0.05) is 29.3 Å². The summed E-state index contributed by atoms with van der Waals surface area (Å²) in [5.41, 5.74) is 0.963. The summed E-state index contributed by atoms with van der Waals surface area (Å²) in [7, 11) is -3.27. The van der Waals surface area contributed by atoms with Crippen LogP contribution in [0.2, 0.25) is 5.02 Å². The van der Waals surface area contributed by atoms with Crippen molar-refractivity contribution in [1.29, 1.82) is 0 Å². The summed E-state index contributed by atoms with van der Waals surface area (Å²) < 4.78 is 36.0. The summed E-state index contributed by atoms with van der Waals surface area (Å²) in [6.45, 7) is 2.40. The Morgan fingerprint density at radius 3 is 2.72 bits per heavy atom. The summed E-state index contributed by atoms with van der Waals surface area (Å²) in [6, 6.07) is 3.87. The van der Waals surface area contributed by atoms with Crippen LogP contribution in [0.1, 0.15) is 54.7 Å². The molecule has 1 aromatic heterocycles. The standard InChI is InChI=1S/C22H26ClFN4O3S/c1-15(9-11-32(2,30)31)27-22(29)19-13-26-21(14-25-19)28-10-5-3-4-6-20(28)17-8-7-16(24)12-18(17)23/h7-9,11-15,20H,3-6,10H2,1-2H3,(H,27,29)/b11-9+/t15-,20?/m1/s1. The normalized spacial score (nSPS) is 18.4. The predicted octanol–water partition coefficient (Wildman–Crippen LogP) is 4.07. The number of benzene rings is 1. The minimum absolute atomic E-state index is 0.0688.